The lowest BCUT2D eigenvalue weighted by Crippen LogP contribution is -2.28. The van der Waals surface area contributed by atoms with Crippen LogP contribution in [0.2, 0.25) is 5.02 Å². The minimum absolute atomic E-state index is 0.0366. The second-order valence-corrected chi connectivity index (χ2v) is 7.24. The maximum atomic E-state index is 13.4. The molecule has 1 aromatic heterocycles. The van der Waals surface area contributed by atoms with Gasteiger partial charge < -0.3 is 9.42 Å². The summed E-state index contributed by atoms with van der Waals surface area (Å²) in [6.07, 6.45) is -0.737. The predicted molar refractivity (Wildman–Crippen MR) is 98.7 cm³/mol. The first-order valence-corrected chi connectivity index (χ1v) is 9.07. The normalized spacial score (nSPS) is 15.2. The Morgan fingerprint density at radius 3 is 2.73 bits per heavy atom. The van der Waals surface area contributed by atoms with Gasteiger partial charge in [-0.15, -0.1) is 0 Å². The van der Waals surface area contributed by atoms with E-state index in [4.69, 9.17) is 16.1 Å². The lowest BCUT2D eigenvalue weighted by molar-refractivity contribution is -0.184. The molecule has 1 heterocycles. The Morgan fingerprint density at radius 1 is 1.47 bits per heavy atom. The minimum Gasteiger partial charge on any atom is -0.362 e. The van der Waals surface area contributed by atoms with E-state index in [0.717, 1.165) is 18.0 Å². The summed E-state index contributed by atoms with van der Waals surface area (Å²) in [6, 6.07) is 4.01. The van der Waals surface area contributed by atoms with Crippen molar-refractivity contribution < 1.29 is 32.0 Å². The predicted octanol–water partition coefficient (Wildman–Crippen LogP) is 4.46. The number of aromatic nitrogens is 2. The van der Waals surface area contributed by atoms with Crippen molar-refractivity contribution in [2.45, 2.75) is 24.7 Å². The molecule has 0 unspecified atom stereocenters. The van der Waals surface area contributed by atoms with Crippen molar-refractivity contribution in [3.05, 3.63) is 64.7 Å². The van der Waals surface area contributed by atoms with Gasteiger partial charge in [0.15, 0.2) is 5.82 Å². The summed E-state index contributed by atoms with van der Waals surface area (Å²) >= 11 is 6.16. The van der Waals surface area contributed by atoms with Crippen LogP contribution in [-0.4, -0.2) is 41.0 Å². The van der Waals surface area contributed by atoms with Gasteiger partial charge in [-0.1, -0.05) is 29.4 Å². The van der Waals surface area contributed by atoms with Crippen molar-refractivity contribution in [2.75, 3.05) is 13.6 Å². The number of alkyl halides is 2. The van der Waals surface area contributed by atoms with Gasteiger partial charge in [0.2, 0.25) is 0 Å². The Morgan fingerprint density at radius 2 is 2.17 bits per heavy atom. The highest BCUT2D eigenvalue weighted by molar-refractivity contribution is 6.31. The van der Waals surface area contributed by atoms with E-state index in [1.54, 1.807) is 6.07 Å². The van der Waals surface area contributed by atoms with Crippen LogP contribution in [0, 0.1) is 5.82 Å². The smallest absolute Gasteiger partial charge is 0.362 e. The lowest BCUT2D eigenvalue weighted by atomic mass is 9.95. The molecule has 30 heavy (non-hydrogen) atoms. The van der Waals surface area contributed by atoms with Gasteiger partial charge in [-0.25, -0.2) is 18.0 Å². The highest BCUT2D eigenvalue weighted by Gasteiger charge is 2.51. The SMILES string of the molecule is C=C(/C=C(/C(F)F)N(C)CC(=O)OF)c1nc(C2(c3ccc(F)cc3Cl)CC2)no1. The van der Waals surface area contributed by atoms with Crippen LogP contribution in [0.1, 0.15) is 30.1 Å². The van der Waals surface area contributed by atoms with Gasteiger partial charge in [0, 0.05) is 22.2 Å². The van der Waals surface area contributed by atoms with Crippen LogP contribution in [0.5, 0.6) is 0 Å². The van der Waals surface area contributed by atoms with Crippen LogP contribution in [-0.2, 0) is 15.2 Å². The maximum absolute atomic E-state index is 13.4. The van der Waals surface area contributed by atoms with E-state index in [1.165, 1.54) is 12.1 Å². The Balaban J connectivity index is 1.85. The number of hydrogen-bond acceptors (Lipinski definition) is 6. The van der Waals surface area contributed by atoms with Gasteiger partial charge in [0.05, 0.1) is 11.1 Å². The van der Waals surface area contributed by atoms with Crippen LogP contribution in [0.15, 0.2) is 41.1 Å². The second-order valence-electron chi connectivity index (χ2n) is 6.83. The van der Waals surface area contributed by atoms with Crippen molar-refractivity contribution in [3.8, 4) is 0 Å². The number of carbonyl (C=O) groups is 1. The van der Waals surface area contributed by atoms with Crippen LogP contribution >= 0.6 is 11.6 Å². The van der Waals surface area contributed by atoms with Crippen LogP contribution < -0.4 is 0 Å². The van der Waals surface area contributed by atoms with Crippen molar-refractivity contribution in [1.29, 1.82) is 0 Å². The van der Waals surface area contributed by atoms with E-state index in [1.807, 2.05) is 0 Å². The highest BCUT2D eigenvalue weighted by atomic mass is 35.5. The Kier molecular flexibility index (Phi) is 6.16. The number of benzene rings is 1. The van der Waals surface area contributed by atoms with Crippen molar-refractivity contribution in [1.82, 2.24) is 15.0 Å². The Labute approximate surface area is 173 Å². The molecule has 1 saturated carbocycles. The summed E-state index contributed by atoms with van der Waals surface area (Å²) in [5, 5.41) is 4.14. The van der Waals surface area contributed by atoms with E-state index in [0.29, 0.717) is 18.4 Å². The molecular formula is C19H16ClF4N3O3. The van der Waals surface area contributed by atoms with E-state index in [-0.39, 0.29) is 22.3 Å². The molecule has 2 aromatic rings. The number of allylic oxidation sites excluding steroid dienone is 3. The molecular weight excluding hydrogens is 430 g/mol. The van der Waals surface area contributed by atoms with Crippen molar-refractivity contribution >= 4 is 23.1 Å². The molecule has 0 bridgehead atoms. The summed E-state index contributed by atoms with van der Waals surface area (Å²) < 4.78 is 57.2. The van der Waals surface area contributed by atoms with Crippen molar-refractivity contribution in [3.63, 3.8) is 0 Å². The molecule has 1 fully saturated rings. The molecule has 0 atom stereocenters. The molecule has 0 N–H and O–H groups in total. The topological polar surface area (TPSA) is 68.5 Å². The molecule has 1 aromatic carbocycles. The van der Waals surface area contributed by atoms with Gasteiger partial charge in [0.25, 0.3) is 12.3 Å². The molecule has 0 amide bonds. The van der Waals surface area contributed by atoms with Gasteiger partial charge in [-0.2, -0.15) is 4.98 Å². The Hall–Kier alpha value is -2.88. The average Bonchev–Trinajstić information content (AvgIpc) is 3.32. The number of nitrogens with zero attached hydrogens (tertiary/aromatic N) is 3. The van der Waals surface area contributed by atoms with E-state index >= 15 is 0 Å². The number of rotatable bonds is 8. The zero-order valence-corrected chi connectivity index (χ0v) is 16.4. The zero-order valence-electron chi connectivity index (χ0n) is 15.7. The molecule has 0 spiro atoms. The first-order chi connectivity index (χ1) is 14.2. The molecule has 1 aliphatic carbocycles. The first kappa shape index (κ1) is 21.8. The number of likely N-dealkylation sites (N-methyl/N-ethyl adjacent to an activating group) is 1. The minimum atomic E-state index is -2.99. The number of halogens is 5. The molecule has 160 valence electrons. The zero-order chi connectivity index (χ0) is 22.1. The van der Waals surface area contributed by atoms with E-state index in [9.17, 15) is 22.5 Å². The fraction of sp³-hybridized carbons (Fsp3) is 0.316. The summed E-state index contributed by atoms with van der Waals surface area (Å²) in [5.74, 6) is -1.66. The molecule has 6 nitrogen and oxygen atoms in total. The van der Waals surface area contributed by atoms with Gasteiger partial charge in [-0.3, -0.25) is 4.94 Å². The number of carbonyl (C=O) groups excluding carboxylic acids is 1. The first-order valence-electron chi connectivity index (χ1n) is 8.69. The number of hydrogen-bond donors (Lipinski definition) is 0. The van der Waals surface area contributed by atoms with Crippen LogP contribution in [0.3, 0.4) is 0 Å². The molecule has 11 heteroatoms. The Bertz CT molecular complexity index is 1000. The largest absolute Gasteiger partial charge is 0.367 e. The summed E-state index contributed by atoms with van der Waals surface area (Å²) in [7, 11) is 1.16. The van der Waals surface area contributed by atoms with Crippen LogP contribution in [0.4, 0.5) is 17.7 Å². The van der Waals surface area contributed by atoms with Crippen molar-refractivity contribution in [2.24, 2.45) is 0 Å². The third kappa shape index (κ3) is 4.33. The summed E-state index contributed by atoms with van der Waals surface area (Å²) in [6.45, 7) is 2.91. The quantitative estimate of drug-likeness (QED) is 0.441. The molecule has 0 aliphatic heterocycles. The molecule has 0 saturated heterocycles. The fourth-order valence-electron chi connectivity index (χ4n) is 3.05. The fourth-order valence-corrected chi connectivity index (χ4v) is 3.40. The van der Waals surface area contributed by atoms with E-state index in [2.05, 4.69) is 21.7 Å². The lowest BCUT2D eigenvalue weighted by Gasteiger charge is -2.20. The maximum Gasteiger partial charge on any atom is 0.367 e. The van der Waals surface area contributed by atoms with E-state index < -0.39 is 35.9 Å². The molecule has 1 aliphatic rings. The van der Waals surface area contributed by atoms with Gasteiger partial charge >= 0.3 is 5.97 Å². The standard InChI is InChI=1S/C19H16ClF4N3O3/c1-10(7-14(16(22)23)27(2)9-15(28)29-24)17-25-18(26-30-17)19(5-6-19)12-4-3-11(21)8-13(12)20/h3-4,7-8,16H,1,5-6,9H2,2H3/b14-7-. The third-order valence-corrected chi connectivity index (χ3v) is 5.08. The molecule has 3 rings (SSSR count). The summed E-state index contributed by atoms with van der Waals surface area (Å²) in [4.78, 5) is 19.1. The third-order valence-electron chi connectivity index (χ3n) is 4.76. The molecule has 0 radical (unpaired) electrons. The van der Waals surface area contributed by atoms with Gasteiger partial charge in [-0.05, 0) is 36.6 Å². The monoisotopic (exact) mass is 445 g/mol. The second kappa shape index (κ2) is 8.47. The van der Waals surface area contributed by atoms with Crippen LogP contribution in [0.25, 0.3) is 5.57 Å². The van der Waals surface area contributed by atoms with Gasteiger partial charge in [0.1, 0.15) is 12.4 Å². The highest BCUT2D eigenvalue weighted by Crippen LogP contribution is 2.54. The average molecular weight is 446 g/mol. The summed E-state index contributed by atoms with van der Waals surface area (Å²) in [5.41, 5.74) is -0.667.